The Morgan fingerprint density at radius 1 is 0.900 bits per heavy atom. The van der Waals surface area contributed by atoms with Crippen LogP contribution in [0, 0.1) is 0 Å². The van der Waals surface area contributed by atoms with Gasteiger partial charge >= 0.3 is 0 Å². The lowest BCUT2D eigenvalue weighted by atomic mass is 9.97. The van der Waals surface area contributed by atoms with Gasteiger partial charge in [-0.15, -0.1) is 0 Å². The Balaban J connectivity index is 3.18. The van der Waals surface area contributed by atoms with E-state index in [1.54, 1.807) is 0 Å². The summed E-state index contributed by atoms with van der Waals surface area (Å²) in [5.41, 5.74) is 2.09. The van der Waals surface area contributed by atoms with Crippen LogP contribution in [0.2, 0.25) is 0 Å². The Hall–Kier alpha value is -1.34. The predicted octanol–water partition coefficient (Wildman–Crippen LogP) is -0.0375. The molecule has 1 rings (SSSR count). The largest absolute Gasteiger partial charge is 0.392 e. The summed E-state index contributed by atoms with van der Waals surface area (Å²) in [6, 6.07) is 0. The van der Waals surface area contributed by atoms with Gasteiger partial charge in [0.2, 0.25) is 0 Å². The smallest absolute Gasteiger partial charge is 0.129 e. The highest BCUT2D eigenvalue weighted by Gasteiger charge is 2.17. The van der Waals surface area contributed by atoms with E-state index >= 15 is 0 Å². The molecular formula is C14H21NO5. The molecule has 1 aromatic heterocycles. The quantitative estimate of drug-likeness (QED) is 0.533. The molecule has 1 aromatic rings. The summed E-state index contributed by atoms with van der Waals surface area (Å²) < 4.78 is 0. The lowest BCUT2D eigenvalue weighted by Crippen LogP contribution is -2.13. The molecule has 20 heavy (non-hydrogen) atoms. The van der Waals surface area contributed by atoms with Gasteiger partial charge in [0, 0.05) is 23.2 Å². The number of carbonyl (C=O) groups is 1. The number of aliphatic hydroxyl groups is 4. The molecule has 0 aliphatic rings. The number of carbonyl (C=O) groups excluding carboxylic acids is 1. The Kier molecular flexibility index (Phi) is 6.74. The normalized spacial score (nSPS) is 10.8. The number of rotatable bonds is 8. The molecule has 6 heteroatoms. The van der Waals surface area contributed by atoms with E-state index in [4.69, 9.17) is 0 Å². The zero-order valence-corrected chi connectivity index (χ0v) is 11.6. The molecule has 6 nitrogen and oxygen atoms in total. The van der Waals surface area contributed by atoms with Crippen LogP contribution in [0.4, 0.5) is 0 Å². The molecule has 0 spiro atoms. The molecule has 0 aliphatic carbocycles. The van der Waals surface area contributed by atoms with E-state index in [-0.39, 0.29) is 32.2 Å². The number of aryl methyl sites for hydroxylation is 1. The van der Waals surface area contributed by atoms with Gasteiger partial charge in [-0.2, -0.15) is 0 Å². The Morgan fingerprint density at radius 3 is 1.90 bits per heavy atom. The van der Waals surface area contributed by atoms with Crippen molar-refractivity contribution in [3.8, 4) is 0 Å². The van der Waals surface area contributed by atoms with Crippen LogP contribution >= 0.6 is 0 Å². The molecule has 4 N–H and O–H groups in total. The predicted molar refractivity (Wildman–Crippen MR) is 71.5 cm³/mol. The van der Waals surface area contributed by atoms with Crippen molar-refractivity contribution in [3.63, 3.8) is 0 Å². The van der Waals surface area contributed by atoms with Crippen LogP contribution in [0.25, 0.3) is 0 Å². The second-order valence-corrected chi connectivity index (χ2v) is 4.63. The molecule has 0 bridgehead atoms. The van der Waals surface area contributed by atoms with Crippen LogP contribution in [0.3, 0.4) is 0 Å². The number of hydrogen-bond acceptors (Lipinski definition) is 6. The van der Waals surface area contributed by atoms with E-state index in [2.05, 4.69) is 4.98 Å². The summed E-state index contributed by atoms with van der Waals surface area (Å²) in [6.07, 6.45) is 1.47. The topological polar surface area (TPSA) is 111 Å². The third-order valence-corrected chi connectivity index (χ3v) is 3.26. The zero-order chi connectivity index (χ0) is 15.1. The van der Waals surface area contributed by atoms with Crippen LogP contribution in [0.5, 0.6) is 0 Å². The number of aromatic nitrogens is 1. The lowest BCUT2D eigenvalue weighted by molar-refractivity contribution is -0.117. The van der Waals surface area contributed by atoms with Crippen LogP contribution in [-0.2, 0) is 37.6 Å². The minimum Gasteiger partial charge on any atom is -0.392 e. The molecule has 0 radical (unpaired) electrons. The van der Waals surface area contributed by atoms with Gasteiger partial charge in [-0.1, -0.05) is 0 Å². The van der Waals surface area contributed by atoms with Gasteiger partial charge in [0.1, 0.15) is 5.78 Å². The van der Waals surface area contributed by atoms with Crippen molar-refractivity contribution >= 4 is 5.78 Å². The van der Waals surface area contributed by atoms with Crippen molar-refractivity contribution in [2.45, 2.75) is 52.6 Å². The first-order valence-electron chi connectivity index (χ1n) is 6.54. The molecule has 0 aromatic carbocycles. The van der Waals surface area contributed by atoms with Crippen molar-refractivity contribution < 1.29 is 25.2 Å². The average Bonchev–Trinajstić information content (AvgIpc) is 2.44. The third kappa shape index (κ3) is 3.83. The van der Waals surface area contributed by atoms with E-state index < -0.39 is 0 Å². The molecule has 0 saturated heterocycles. The van der Waals surface area contributed by atoms with Gasteiger partial charge in [0.05, 0.1) is 32.1 Å². The molecule has 0 unspecified atom stereocenters. The second kappa shape index (κ2) is 8.06. The molecule has 1 heterocycles. The molecule has 0 atom stereocenters. The molecule has 112 valence electrons. The van der Waals surface area contributed by atoms with E-state index in [0.717, 1.165) is 0 Å². The Labute approximate surface area is 117 Å². The van der Waals surface area contributed by atoms with E-state index in [1.807, 2.05) is 0 Å². The van der Waals surface area contributed by atoms with E-state index in [1.165, 1.54) is 6.92 Å². The van der Waals surface area contributed by atoms with E-state index in [9.17, 15) is 25.2 Å². The second-order valence-electron chi connectivity index (χ2n) is 4.63. The number of ketones is 1. The monoisotopic (exact) mass is 283 g/mol. The fraction of sp³-hybridized carbons (Fsp3) is 0.571. The van der Waals surface area contributed by atoms with Crippen molar-refractivity contribution in [2.24, 2.45) is 0 Å². The van der Waals surface area contributed by atoms with Crippen molar-refractivity contribution in [1.29, 1.82) is 0 Å². The lowest BCUT2D eigenvalue weighted by Gasteiger charge is -2.17. The van der Waals surface area contributed by atoms with Crippen LogP contribution in [0.1, 0.15) is 47.8 Å². The summed E-state index contributed by atoms with van der Waals surface area (Å²) in [5.74, 6) is 0.0762. The Morgan fingerprint density at radius 2 is 1.45 bits per heavy atom. The minimum atomic E-state index is -0.362. The first-order chi connectivity index (χ1) is 9.58. The Bertz CT molecular complexity index is 473. The number of Topliss-reactive ketones (excluding diaryl/α,β-unsaturated/α-hetero) is 1. The maximum Gasteiger partial charge on any atom is 0.129 e. The SMILES string of the molecule is CC(=O)CCCc1nc(CO)c(CO)c(CO)c1CO. The number of hydrogen-bond donors (Lipinski definition) is 4. The molecule has 0 amide bonds. The number of nitrogens with zero attached hydrogens (tertiary/aromatic N) is 1. The van der Waals surface area contributed by atoms with Gasteiger partial charge in [0.25, 0.3) is 0 Å². The maximum absolute atomic E-state index is 11.0. The highest BCUT2D eigenvalue weighted by atomic mass is 16.3. The van der Waals surface area contributed by atoms with Crippen molar-refractivity contribution in [2.75, 3.05) is 0 Å². The number of aliphatic hydroxyl groups excluding tert-OH is 4. The maximum atomic E-state index is 11.0. The first kappa shape index (κ1) is 16.7. The van der Waals surface area contributed by atoms with Gasteiger partial charge in [-0.25, -0.2) is 0 Å². The highest BCUT2D eigenvalue weighted by molar-refractivity contribution is 5.75. The number of pyridine rings is 1. The van der Waals surface area contributed by atoms with Gasteiger partial charge in [0.15, 0.2) is 0 Å². The summed E-state index contributed by atoms with van der Waals surface area (Å²) >= 11 is 0. The van der Waals surface area contributed by atoms with Crippen LogP contribution in [-0.4, -0.2) is 31.2 Å². The highest BCUT2D eigenvalue weighted by Crippen LogP contribution is 2.23. The fourth-order valence-corrected chi connectivity index (χ4v) is 2.23. The van der Waals surface area contributed by atoms with Crippen LogP contribution in [0.15, 0.2) is 0 Å². The zero-order valence-electron chi connectivity index (χ0n) is 11.6. The molecule has 0 aliphatic heterocycles. The molecule has 0 fully saturated rings. The fourth-order valence-electron chi connectivity index (χ4n) is 2.23. The van der Waals surface area contributed by atoms with Gasteiger partial charge in [-0.05, 0) is 25.3 Å². The van der Waals surface area contributed by atoms with Crippen molar-refractivity contribution in [3.05, 3.63) is 28.1 Å². The van der Waals surface area contributed by atoms with Gasteiger partial charge < -0.3 is 25.2 Å². The first-order valence-corrected chi connectivity index (χ1v) is 6.54. The van der Waals surface area contributed by atoms with Crippen LogP contribution < -0.4 is 0 Å². The van der Waals surface area contributed by atoms with E-state index in [0.29, 0.717) is 47.3 Å². The standard InChI is InChI=1S/C14H21NO5/c1-9(20)3-2-4-13-11(6-17)10(5-16)12(7-18)14(8-19)15-13/h16-19H,2-8H2,1H3. The summed E-state index contributed by atoms with van der Waals surface area (Å²) in [5, 5.41) is 37.5. The molecule has 0 saturated carbocycles. The average molecular weight is 283 g/mol. The summed E-state index contributed by atoms with van der Waals surface area (Å²) in [6.45, 7) is 0.138. The summed E-state index contributed by atoms with van der Waals surface area (Å²) in [7, 11) is 0. The summed E-state index contributed by atoms with van der Waals surface area (Å²) in [4.78, 5) is 15.2. The van der Waals surface area contributed by atoms with Gasteiger partial charge in [-0.3, -0.25) is 4.98 Å². The molecular weight excluding hydrogens is 262 g/mol. The van der Waals surface area contributed by atoms with Crippen molar-refractivity contribution in [1.82, 2.24) is 4.98 Å². The third-order valence-electron chi connectivity index (χ3n) is 3.26. The minimum absolute atomic E-state index is 0.0762.